The van der Waals surface area contributed by atoms with E-state index in [0.29, 0.717) is 10.8 Å². The van der Waals surface area contributed by atoms with Crippen molar-refractivity contribution >= 4 is 46.2 Å². The molecule has 4 rings (SSSR count). The number of anilines is 2. The molecule has 4 aromatic rings. The number of benzene rings is 3. The van der Waals surface area contributed by atoms with Crippen LogP contribution in [-0.4, -0.2) is 15.1 Å². The van der Waals surface area contributed by atoms with E-state index < -0.39 is 0 Å². The summed E-state index contributed by atoms with van der Waals surface area (Å²) in [4.78, 5) is 9.28. The summed E-state index contributed by atoms with van der Waals surface area (Å²) in [6.45, 7) is 0. The normalized spacial score (nSPS) is 11.1. The molecule has 27 heavy (non-hydrogen) atoms. The van der Waals surface area contributed by atoms with Crippen LogP contribution in [0.4, 0.5) is 11.5 Å². The van der Waals surface area contributed by atoms with E-state index in [0.717, 1.165) is 28.0 Å². The lowest BCUT2D eigenvalue weighted by Gasteiger charge is -2.10. The van der Waals surface area contributed by atoms with Crippen molar-refractivity contribution in [3.05, 3.63) is 89.2 Å². The van der Waals surface area contributed by atoms with Gasteiger partial charge in [-0.05, 0) is 60.2 Å². The summed E-state index contributed by atoms with van der Waals surface area (Å²) in [5, 5.41) is 14.4. The average molecular weight is 374 g/mol. The number of nitrogens with one attached hydrogen (secondary N) is 1. The third-order valence-electron chi connectivity index (χ3n) is 4.05. The number of rotatable bonds is 4. The minimum atomic E-state index is 0.239. The van der Waals surface area contributed by atoms with Crippen molar-refractivity contribution in [3.63, 3.8) is 0 Å². The number of aromatic hydroxyl groups is 1. The maximum atomic E-state index is 9.39. The Kier molecular flexibility index (Phi) is 4.73. The van der Waals surface area contributed by atoms with Crippen molar-refractivity contribution in [3.8, 4) is 5.75 Å². The van der Waals surface area contributed by atoms with E-state index in [-0.39, 0.29) is 5.75 Å². The lowest BCUT2D eigenvalue weighted by molar-refractivity contribution is 0.475. The molecule has 0 radical (unpaired) electrons. The van der Waals surface area contributed by atoms with Gasteiger partial charge in [0.25, 0.3) is 0 Å². The molecule has 0 fully saturated rings. The van der Waals surface area contributed by atoms with Gasteiger partial charge in [0, 0.05) is 16.1 Å². The predicted molar refractivity (Wildman–Crippen MR) is 111 cm³/mol. The second-order valence-electron chi connectivity index (χ2n) is 6.00. The molecule has 4 nitrogen and oxygen atoms in total. The fourth-order valence-electron chi connectivity index (χ4n) is 2.69. The average Bonchev–Trinajstić information content (AvgIpc) is 2.69. The molecule has 1 heterocycles. The maximum Gasteiger partial charge on any atom is 0.154 e. The van der Waals surface area contributed by atoms with E-state index in [9.17, 15) is 5.11 Å². The molecule has 0 aliphatic heterocycles. The fourth-order valence-corrected chi connectivity index (χ4v) is 2.82. The number of phenols is 1. The van der Waals surface area contributed by atoms with E-state index in [1.54, 1.807) is 12.1 Å². The first-order valence-corrected chi connectivity index (χ1v) is 8.82. The number of nitrogens with zero attached hydrogens (tertiary/aromatic N) is 2. The summed E-state index contributed by atoms with van der Waals surface area (Å²) in [5.74, 6) is 1.56. The van der Waals surface area contributed by atoms with Crippen LogP contribution >= 0.6 is 11.6 Å². The molecule has 1 aromatic heterocycles. The molecule has 0 spiro atoms. The number of phenolic OH excluding ortho intramolecular Hbond substituents is 1. The van der Waals surface area contributed by atoms with Gasteiger partial charge in [-0.25, -0.2) is 9.97 Å². The first-order valence-electron chi connectivity index (χ1n) is 8.44. The van der Waals surface area contributed by atoms with Crippen molar-refractivity contribution in [2.75, 3.05) is 5.32 Å². The van der Waals surface area contributed by atoms with Gasteiger partial charge in [0.1, 0.15) is 11.6 Å². The standard InChI is InChI=1S/C22H16ClN3O/c23-16-8-10-17(11-9-16)24-22-19-3-1-2-4-20(19)25-21(26-22)14-7-15-5-12-18(27)13-6-15/h1-14,27H,(H,24,25,26)/b14-7+. The molecular weight excluding hydrogens is 358 g/mol. The number of para-hydroxylation sites is 1. The second kappa shape index (κ2) is 7.48. The predicted octanol–water partition coefficient (Wildman–Crippen LogP) is 5.90. The van der Waals surface area contributed by atoms with E-state index in [4.69, 9.17) is 11.6 Å². The molecule has 2 N–H and O–H groups in total. The van der Waals surface area contributed by atoms with E-state index in [1.165, 1.54) is 0 Å². The summed E-state index contributed by atoms with van der Waals surface area (Å²) >= 11 is 5.97. The Morgan fingerprint density at radius 2 is 1.56 bits per heavy atom. The zero-order valence-electron chi connectivity index (χ0n) is 14.3. The summed E-state index contributed by atoms with van der Waals surface area (Å²) in [5.41, 5.74) is 2.71. The minimum Gasteiger partial charge on any atom is -0.508 e. The van der Waals surface area contributed by atoms with Crippen molar-refractivity contribution < 1.29 is 5.11 Å². The van der Waals surface area contributed by atoms with Crippen molar-refractivity contribution in [1.82, 2.24) is 9.97 Å². The number of hydrogen-bond donors (Lipinski definition) is 2. The Hall–Kier alpha value is -3.37. The molecule has 0 saturated carbocycles. The molecule has 0 unspecified atom stereocenters. The topological polar surface area (TPSA) is 58.0 Å². The zero-order chi connectivity index (χ0) is 18.6. The molecule has 0 saturated heterocycles. The molecular formula is C22H16ClN3O. The summed E-state index contributed by atoms with van der Waals surface area (Å²) in [6, 6.07) is 22.3. The highest BCUT2D eigenvalue weighted by Crippen LogP contribution is 2.25. The molecule has 3 aromatic carbocycles. The summed E-state index contributed by atoms with van der Waals surface area (Å²) in [7, 11) is 0. The van der Waals surface area contributed by atoms with Gasteiger partial charge in [-0.15, -0.1) is 0 Å². The molecule has 0 atom stereocenters. The lowest BCUT2D eigenvalue weighted by Crippen LogP contribution is -1.99. The zero-order valence-corrected chi connectivity index (χ0v) is 15.1. The Morgan fingerprint density at radius 1 is 0.815 bits per heavy atom. The van der Waals surface area contributed by atoms with Gasteiger partial charge in [-0.1, -0.05) is 41.9 Å². The van der Waals surface area contributed by atoms with E-state index in [2.05, 4.69) is 15.3 Å². The first kappa shape index (κ1) is 17.1. The minimum absolute atomic E-state index is 0.239. The molecule has 0 aliphatic carbocycles. The van der Waals surface area contributed by atoms with Gasteiger partial charge < -0.3 is 10.4 Å². The van der Waals surface area contributed by atoms with Gasteiger partial charge >= 0.3 is 0 Å². The number of halogens is 1. The number of aromatic nitrogens is 2. The van der Waals surface area contributed by atoms with Crippen LogP contribution in [0.5, 0.6) is 5.75 Å². The van der Waals surface area contributed by atoms with Crippen LogP contribution in [0, 0.1) is 0 Å². The monoisotopic (exact) mass is 373 g/mol. The van der Waals surface area contributed by atoms with Crippen LogP contribution in [0.1, 0.15) is 11.4 Å². The van der Waals surface area contributed by atoms with Crippen LogP contribution in [0.3, 0.4) is 0 Å². The highest BCUT2D eigenvalue weighted by molar-refractivity contribution is 6.30. The van der Waals surface area contributed by atoms with Gasteiger partial charge in [0.15, 0.2) is 5.82 Å². The molecule has 0 amide bonds. The molecule has 0 aliphatic rings. The van der Waals surface area contributed by atoms with Crippen LogP contribution in [0.2, 0.25) is 5.02 Å². The van der Waals surface area contributed by atoms with Crippen molar-refractivity contribution in [1.29, 1.82) is 0 Å². The Labute approximate surface area is 161 Å². The maximum absolute atomic E-state index is 9.39. The third kappa shape index (κ3) is 4.07. The Morgan fingerprint density at radius 3 is 2.33 bits per heavy atom. The van der Waals surface area contributed by atoms with Gasteiger partial charge in [0.2, 0.25) is 0 Å². The first-order chi connectivity index (χ1) is 13.2. The summed E-state index contributed by atoms with van der Waals surface area (Å²) < 4.78 is 0. The molecule has 0 bridgehead atoms. The lowest BCUT2D eigenvalue weighted by atomic mass is 10.2. The largest absolute Gasteiger partial charge is 0.508 e. The van der Waals surface area contributed by atoms with Gasteiger partial charge in [0.05, 0.1) is 5.52 Å². The van der Waals surface area contributed by atoms with Crippen molar-refractivity contribution in [2.45, 2.75) is 0 Å². The van der Waals surface area contributed by atoms with Crippen LogP contribution in [0.25, 0.3) is 23.1 Å². The quantitative estimate of drug-likeness (QED) is 0.467. The van der Waals surface area contributed by atoms with Crippen molar-refractivity contribution in [2.24, 2.45) is 0 Å². The van der Waals surface area contributed by atoms with E-state index >= 15 is 0 Å². The van der Waals surface area contributed by atoms with Crippen LogP contribution in [-0.2, 0) is 0 Å². The Balaban J connectivity index is 1.71. The highest BCUT2D eigenvalue weighted by Gasteiger charge is 2.06. The van der Waals surface area contributed by atoms with Crippen LogP contribution in [0.15, 0.2) is 72.8 Å². The molecule has 132 valence electrons. The van der Waals surface area contributed by atoms with Crippen LogP contribution < -0.4 is 5.32 Å². The third-order valence-corrected chi connectivity index (χ3v) is 4.30. The fraction of sp³-hybridized carbons (Fsp3) is 0. The summed E-state index contributed by atoms with van der Waals surface area (Å²) in [6.07, 6.45) is 3.77. The Bertz CT molecular complexity index is 1110. The second-order valence-corrected chi connectivity index (χ2v) is 6.44. The SMILES string of the molecule is Oc1ccc(/C=C/c2nc(Nc3ccc(Cl)cc3)c3ccccc3n2)cc1. The molecule has 5 heteroatoms. The van der Waals surface area contributed by atoms with E-state index in [1.807, 2.05) is 72.8 Å². The number of hydrogen-bond acceptors (Lipinski definition) is 4. The smallest absolute Gasteiger partial charge is 0.154 e. The number of fused-ring (bicyclic) bond motifs is 1. The highest BCUT2D eigenvalue weighted by atomic mass is 35.5. The van der Waals surface area contributed by atoms with Gasteiger partial charge in [-0.2, -0.15) is 0 Å². The van der Waals surface area contributed by atoms with Gasteiger partial charge in [-0.3, -0.25) is 0 Å².